The van der Waals surface area contributed by atoms with E-state index in [1.165, 1.54) is 0 Å². The molecule has 2 atom stereocenters. The van der Waals surface area contributed by atoms with Gasteiger partial charge in [0.15, 0.2) is 0 Å². The molecule has 3 heteroatoms. The Labute approximate surface area is 98.1 Å². The fourth-order valence-corrected chi connectivity index (χ4v) is 2.04. The average molecular weight is 306 g/mol. The molecule has 0 radical (unpaired) electrons. The normalized spacial score (nSPS) is 15.1. The van der Waals surface area contributed by atoms with E-state index in [1.54, 1.807) is 0 Å². The van der Waals surface area contributed by atoms with Gasteiger partial charge in [-0.05, 0) is 40.6 Å². The minimum Gasteiger partial charge on any atom is -0.393 e. The molecule has 0 saturated carbocycles. The molecule has 0 unspecified atom stereocenters. The van der Waals surface area contributed by atoms with Crippen molar-refractivity contribution in [2.24, 2.45) is 0 Å². The van der Waals surface area contributed by atoms with Crippen LogP contribution in [0.25, 0.3) is 0 Å². The molecule has 0 aliphatic carbocycles. The monoisotopic (exact) mass is 306 g/mol. The van der Waals surface area contributed by atoms with Crippen LogP contribution in [0.2, 0.25) is 0 Å². The molecule has 78 valence electrons. The van der Waals surface area contributed by atoms with Gasteiger partial charge in [0.1, 0.15) is 0 Å². The van der Waals surface area contributed by atoms with E-state index in [0.717, 1.165) is 9.13 Å². The van der Waals surface area contributed by atoms with Crippen molar-refractivity contribution in [3.05, 3.63) is 33.4 Å². The second-order valence-corrected chi connectivity index (χ2v) is 4.50. The summed E-state index contributed by atoms with van der Waals surface area (Å²) in [4.78, 5) is 0. The molecule has 0 fully saturated rings. The molecule has 0 aliphatic heterocycles. The molecular weight excluding hydrogens is 291 g/mol. The van der Waals surface area contributed by atoms with Crippen LogP contribution < -0.4 is 0 Å². The first-order chi connectivity index (χ1) is 6.65. The van der Waals surface area contributed by atoms with Gasteiger partial charge in [0.05, 0.1) is 12.2 Å². The highest BCUT2D eigenvalue weighted by molar-refractivity contribution is 14.1. The van der Waals surface area contributed by atoms with Crippen molar-refractivity contribution >= 4 is 22.6 Å². The first kappa shape index (κ1) is 11.9. The Kier molecular flexibility index (Phi) is 4.84. The van der Waals surface area contributed by atoms with Crippen LogP contribution in [0, 0.1) is 3.57 Å². The molecule has 14 heavy (non-hydrogen) atoms. The Morgan fingerprint density at radius 3 is 2.50 bits per heavy atom. The number of hydrogen-bond acceptors (Lipinski definition) is 2. The van der Waals surface area contributed by atoms with Gasteiger partial charge < -0.3 is 10.2 Å². The first-order valence-corrected chi connectivity index (χ1v) is 5.83. The van der Waals surface area contributed by atoms with Crippen molar-refractivity contribution < 1.29 is 10.2 Å². The van der Waals surface area contributed by atoms with Crippen molar-refractivity contribution in [2.45, 2.75) is 32.0 Å². The smallest absolute Gasteiger partial charge is 0.0824 e. The summed E-state index contributed by atoms with van der Waals surface area (Å²) >= 11 is 2.19. The van der Waals surface area contributed by atoms with E-state index in [1.807, 2.05) is 31.2 Å². The van der Waals surface area contributed by atoms with E-state index in [2.05, 4.69) is 22.6 Å². The lowest BCUT2D eigenvalue weighted by atomic mass is 10.0. The summed E-state index contributed by atoms with van der Waals surface area (Å²) in [6, 6.07) is 7.69. The van der Waals surface area contributed by atoms with Crippen LogP contribution in [0.3, 0.4) is 0 Å². The molecule has 1 rings (SSSR count). The van der Waals surface area contributed by atoms with Gasteiger partial charge in [0, 0.05) is 9.99 Å². The first-order valence-electron chi connectivity index (χ1n) is 4.75. The number of rotatable bonds is 4. The van der Waals surface area contributed by atoms with Gasteiger partial charge in [-0.25, -0.2) is 0 Å². The highest BCUT2D eigenvalue weighted by atomic mass is 127. The van der Waals surface area contributed by atoms with Gasteiger partial charge in [0.2, 0.25) is 0 Å². The molecule has 0 bridgehead atoms. The predicted octanol–water partition coefficient (Wildman–Crippen LogP) is 2.49. The molecule has 0 aromatic heterocycles. The van der Waals surface area contributed by atoms with E-state index < -0.39 is 12.2 Å². The molecular formula is C11H15IO2. The largest absolute Gasteiger partial charge is 0.393 e. The van der Waals surface area contributed by atoms with Crippen LogP contribution >= 0.6 is 22.6 Å². The second-order valence-electron chi connectivity index (χ2n) is 3.34. The number of aliphatic hydroxyl groups excluding tert-OH is 2. The zero-order valence-corrected chi connectivity index (χ0v) is 10.3. The molecule has 0 saturated heterocycles. The van der Waals surface area contributed by atoms with E-state index in [4.69, 9.17) is 0 Å². The van der Waals surface area contributed by atoms with E-state index in [-0.39, 0.29) is 0 Å². The van der Waals surface area contributed by atoms with Gasteiger partial charge in [-0.15, -0.1) is 0 Å². The Bertz CT molecular complexity index is 288. The summed E-state index contributed by atoms with van der Waals surface area (Å²) in [5, 5.41) is 19.3. The van der Waals surface area contributed by atoms with Crippen LogP contribution in [-0.4, -0.2) is 16.3 Å². The van der Waals surface area contributed by atoms with Crippen LogP contribution in [0.4, 0.5) is 0 Å². The maximum atomic E-state index is 9.84. The van der Waals surface area contributed by atoms with Crippen LogP contribution in [0.1, 0.15) is 31.4 Å². The lowest BCUT2D eigenvalue weighted by Gasteiger charge is -2.15. The zero-order chi connectivity index (χ0) is 10.6. The molecule has 1 aromatic carbocycles. The fourth-order valence-electron chi connectivity index (χ4n) is 1.30. The Morgan fingerprint density at radius 1 is 1.29 bits per heavy atom. The van der Waals surface area contributed by atoms with Crippen molar-refractivity contribution in [3.63, 3.8) is 0 Å². The molecule has 1 aromatic rings. The highest BCUT2D eigenvalue weighted by Crippen LogP contribution is 2.23. The van der Waals surface area contributed by atoms with Crippen molar-refractivity contribution in [1.29, 1.82) is 0 Å². The lowest BCUT2D eigenvalue weighted by molar-refractivity contribution is 0.0780. The maximum Gasteiger partial charge on any atom is 0.0824 e. The fraction of sp³-hybridized carbons (Fsp3) is 0.455. The van der Waals surface area contributed by atoms with Gasteiger partial charge >= 0.3 is 0 Å². The van der Waals surface area contributed by atoms with Crippen molar-refractivity contribution in [2.75, 3.05) is 0 Å². The number of benzene rings is 1. The van der Waals surface area contributed by atoms with Gasteiger partial charge in [-0.2, -0.15) is 0 Å². The Hall–Kier alpha value is -0.130. The second kappa shape index (κ2) is 5.68. The van der Waals surface area contributed by atoms with Crippen molar-refractivity contribution in [3.8, 4) is 0 Å². The molecule has 2 N–H and O–H groups in total. The minimum atomic E-state index is -0.557. The quantitative estimate of drug-likeness (QED) is 0.839. The van der Waals surface area contributed by atoms with Gasteiger partial charge in [-0.1, -0.05) is 25.1 Å². The molecule has 0 amide bonds. The molecule has 0 spiro atoms. The van der Waals surface area contributed by atoms with Crippen LogP contribution in [0.15, 0.2) is 24.3 Å². The number of halogens is 1. The SMILES string of the molecule is CC[C@H](O)C[C@@H](O)c1ccccc1I. The summed E-state index contributed by atoms with van der Waals surface area (Å²) in [5.74, 6) is 0. The predicted molar refractivity (Wildman–Crippen MR) is 65.0 cm³/mol. The Balaban J connectivity index is 2.69. The number of hydrogen-bond donors (Lipinski definition) is 2. The standard InChI is InChI=1S/C11H15IO2/c1-2-8(13)7-11(14)9-5-3-4-6-10(9)12/h3-6,8,11,13-14H,2,7H2,1H3/t8-,11+/m0/s1. The third kappa shape index (κ3) is 3.22. The Morgan fingerprint density at radius 2 is 1.93 bits per heavy atom. The van der Waals surface area contributed by atoms with E-state index in [9.17, 15) is 10.2 Å². The highest BCUT2D eigenvalue weighted by Gasteiger charge is 2.14. The van der Waals surface area contributed by atoms with Gasteiger partial charge in [0.25, 0.3) is 0 Å². The summed E-state index contributed by atoms with van der Waals surface area (Å²) in [6.07, 6.45) is 0.121. The van der Waals surface area contributed by atoms with Gasteiger partial charge in [-0.3, -0.25) is 0 Å². The average Bonchev–Trinajstić information content (AvgIpc) is 2.18. The van der Waals surface area contributed by atoms with E-state index in [0.29, 0.717) is 12.8 Å². The van der Waals surface area contributed by atoms with Crippen LogP contribution in [-0.2, 0) is 0 Å². The summed E-state index contributed by atoms with van der Waals surface area (Å²) in [5.41, 5.74) is 0.903. The zero-order valence-electron chi connectivity index (χ0n) is 8.15. The summed E-state index contributed by atoms with van der Waals surface area (Å²) in [7, 11) is 0. The van der Waals surface area contributed by atoms with E-state index >= 15 is 0 Å². The lowest BCUT2D eigenvalue weighted by Crippen LogP contribution is -2.11. The maximum absolute atomic E-state index is 9.84. The summed E-state index contributed by atoms with van der Waals surface area (Å²) in [6.45, 7) is 1.91. The van der Waals surface area contributed by atoms with Crippen molar-refractivity contribution in [1.82, 2.24) is 0 Å². The minimum absolute atomic E-state index is 0.413. The third-order valence-corrected chi connectivity index (χ3v) is 3.21. The third-order valence-electron chi connectivity index (χ3n) is 2.23. The topological polar surface area (TPSA) is 40.5 Å². The molecule has 0 aliphatic rings. The van der Waals surface area contributed by atoms with Crippen LogP contribution in [0.5, 0.6) is 0 Å². The summed E-state index contributed by atoms with van der Waals surface area (Å²) < 4.78 is 1.04. The molecule has 0 heterocycles. The number of aliphatic hydroxyl groups is 2. The molecule has 2 nitrogen and oxygen atoms in total.